The Balaban J connectivity index is 3.11. The molecule has 0 saturated heterocycles. The van der Waals surface area contributed by atoms with E-state index in [0.717, 1.165) is 25.3 Å². The molecule has 0 aliphatic carbocycles. The monoisotopic (exact) mass is 189 g/mol. The quantitative estimate of drug-likeness (QED) is 0.504. The minimum atomic E-state index is -0.635. The lowest BCUT2D eigenvalue weighted by Gasteiger charge is -1.99. The van der Waals surface area contributed by atoms with E-state index >= 15 is 0 Å². The molecule has 0 bridgehead atoms. The SMILES string of the molecule is CC(C)=CCNCCCS(C)=O. The summed E-state index contributed by atoms with van der Waals surface area (Å²) in [6.07, 6.45) is 4.90. The third-order valence-corrected chi connectivity index (χ3v) is 2.30. The van der Waals surface area contributed by atoms with Crippen molar-refractivity contribution in [2.24, 2.45) is 0 Å². The summed E-state index contributed by atoms with van der Waals surface area (Å²) < 4.78 is 10.7. The van der Waals surface area contributed by atoms with Gasteiger partial charge in [-0.2, -0.15) is 0 Å². The van der Waals surface area contributed by atoms with E-state index in [2.05, 4.69) is 25.2 Å². The number of allylic oxidation sites excluding steroid dienone is 1. The minimum Gasteiger partial charge on any atom is -0.313 e. The molecule has 1 unspecified atom stereocenters. The summed E-state index contributed by atoms with van der Waals surface area (Å²) in [7, 11) is -0.635. The van der Waals surface area contributed by atoms with Crippen LogP contribution in [-0.2, 0) is 10.8 Å². The van der Waals surface area contributed by atoms with Crippen molar-refractivity contribution in [1.82, 2.24) is 5.32 Å². The van der Waals surface area contributed by atoms with Gasteiger partial charge >= 0.3 is 0 Å². The molecular formula is C9H19NOS. The topological polar surface area (TPSA) is 29.1 Å². The maximum atomic E-state index is 10.7. The number of hydrogen-bond acceptors (Lipinski definition) is 2. The van der Waals surface area contributed by atoms with E-state index in [-0.39, 0.29) is 0 Å². The molecule has 0 radical (unpaired) electrons. The van der Waals surface area contributed by atoms with Crippen LogP contribution in [0.15, 0.2) is 11.6 Å². The largest absolute Gasteiger partial charge is 0.313 e. The second-order valence-electron chi connectivity index (χ2n) is 3.12. The molecule has 0 fully saturated rings. The Morgan fingerprint density at radius 1 is 1.50 bits per heavy atom. The molecule has 12 heavy (non-hydrogen) atoms. The molecule has 0 aromatic rings. The smallest absolute Gasteiger partial charge is 0.0244 e. The fourth-order valence-electron chi connectivity index (χ4n) is 0.779. The second-order valence-corrected chi connectivity index (χ2v) is 4.67. The van der Waals surface area contributed by atoms with Gasteiger partial charge in [-0.1, -0.05) is 11.6 Å². The van der Waals surface area contributed by atoms with Crippen LogP contribution in [0.3, 0.4) is 0 Å². The highest BCUT2D eigenvalue weighted by atomic mass is 32.2. The molecule has 0 spiro atoms. The van der Waals surface area contributed by atoms with Gasteiger partial charge < -0.3 is 5.32 Å². The summed E-state index contributed by atoms with van der Waals surface area (Å²) in [5.41, 5.74) is 1.33. The van der Waals surface area contributed by atoms with Crippen LogP contribution in [0.25, 0.3) is 0 Å². The Morgan fingerprint density at radius 3 is 2.67 bits per heavy atom. The molecule has 0 rings (SSSR count). The van der Waals surface area contributed by atoms with E-state index in [0.29, 0.717) is 0 Å². The van der Waals surface area contributed by atoms with Gasteiger partial charge in [-0.05, 0) is 26.8 Å². The predicted octanol–water partition coefficient (Wildman–Crippen LogP) is 1.31. The van der Waals surface area contributed by atoms with Crippen LogP contribution >= 0.6 is 0 Å². The Hall–Kier alpha value is -0.150. The van der Waals surface area contributed by atoms with Gasteiger partial charge in [-0.25, -0.2) is 0 Å². The highest BCUT2D eigenvalue weighted by Gasteiger charge is 1.89. The van der Waals surface area contributed by atoms with Crippen LogP contribution in [0.4, 0.5) is 0 Å². The van der Waals surface area contributed by atoms with Crippen molar-refractivity contribution in [3.63, 3.8) is 0 Å². The fraction of sp³-hybridized carbons (Fsp3) is 0.778. The van der Waals surface area contributed by atoms with E-state index in [1.54, 1.807) is 6.26 Å². The molecular weight excluding hydrogens is 170 g/mol. The van der Waals surface area contributed by atoms with E-state index in [4.69, 9.17) is 0 Å². The Kier molecular flexibility index (Phi) is 7.40. The van der Waals surface area contributed by atoms with Gasteiger partial charge in [0, 0.05) is 29.4 Å². The van der Waals surface area contributed by atoms with Crippen LogP contribution in [-0.4, -0.2) is 29.3 Å². The molecule has 1 N–H and O–H groups in total. The number of rotatable bonds is 6. The number of nitrogens with one attached hydrogen (secondary N) is 1. The van der Waals surface area contributed by atoms with E-state index < -0.39 is 10.8 Å². The van der Waals surface area contributed by atoms with Crippen LogP contribution in [0.5, 0.6) is 0 Å². The standard InChI is InChI=1S/C9H19NOS/c1-9(2)5-7-10-6-4-8-12(3)11/h5,10H,4,6-8H2,1-3H3. The van der Waals surface area contributed by atoms with Crippen LogP contribution in [0.2, 0.25) is 0 Å². The van der Waals surface area contributed by atoms with Gasteiger partial charge in [0.1, 0.15) is 0 Å². The summed E-state index contributed by atoms with van der Waals surface area (Å²) in [6, 6.07) is 0. The van der Waals surface area contributed by atoms with E-state index in [9.17, 15) is 4.21 Å². The van der Waals surface area contributed by atoms with Crippen molar-refractivity contribution < 1.29 is 4.21 Å². The van der Waals surface area contributed by atoms with Crippen LogP contribution in [0, 0.1) is 0 Å². The average Bonchev–Trinajstić information content (AvgIpc) is 1.95. The highest BCUT2D eigenvalue weighted by Crippen LogP contribution is 1.86. The van der Waals surface area contributed by atoms with E-state index in [1.165, 1.54) is 5.57 Å². The average molecular weight is 189 g/mol. The predicted molar refractivity (Wildman–Crippen MR) is 55.9 cm³/mol. The summed E-state index contributed by atoms with van der Waals surface area (Å²) in [6.45, 7) is 6.06. The van der Waals surface area contributed by atoms with Gasteiger partial charge in [0.2, 0.25) is 0 Å². The minimum absolute atomic E-state index is 0.635. The summed E-state index contributed by atoms with van der Waals surface area (Å²) in [5.74, 6) is 0.807. The fourth-order valence-corrected chi connectivity index (χ4v) is 1.33. The van der Waals surface area contributed by atoms with Crippen molar-refractivity contribution in [3.05, 3.63) is 11.6 Å². The first-order valence-corrected chi connectivity index (χ1v) is 5.99. The van der Waals surface area contributed by atoms with Gasteiger partial charge in [0.25, 0.3) is 0 Å². The third kappa shape index (κ3) is 9.85. The van der Waals surface area contributed by atoms with Crippen molar-refractivity contribution in [3.8, 4) is 0 Å². The molecule has 0 saturated carbocycles. The first-order valence-electron chi connectivity index (χ1n) is 4.27. The molecule has 0 aromatic heterocycles. The Labute approximate surface area is 77.9 Å². The molecule has 3 heteroatoms. The van der Waals surface area contributed by atoms with Gasteiger partial charge in [0.15, 0.2) is 0 Å². The van der Waals surface area contributed by atoms with Gasteiger partial charge in [-0.15, -0.1) is 0 Å². The van der Waals surface area contributed by atoms with Gasteiger partial charge in [0.05, 0.1) is 0 Å². The summed E-state index contributed by atoms with van der Waals surface area (Å²) in [4.78, 5) is 0. The lowest BCUT2D eigenvalue weighted by Crippen LogP contribution is -2.17. The maximum absolute atomic E-state index is 10.7. The first-order chi connectivity index (χ1) is 5.63. The van der Waals surface area contributed by atoms with Crippen molar-refractivity contribution in [2.45, 2.75) is 20.3 Å². The number of hydrogen-bond donors (Lipinski definition) is 1. The van der Waals surface area contributed by atoms with Gasteiger partial charge in [-0.3, -0.25) is 4.21 Å². The zero-order chi connectivity index (χ0) is 9.40. The molecule has 72 valence electrons. The van der Waals surface area contributed by atoms with Crippen LogP contribution in [0.1, 0.15) is 20.3 Å². The Morgan fingerprint density at radius 2 is 2.17 bits per heavy atom. The normalized spacial score (nSPS) is 12.6. The molecule has 1 atom stereocenters. The molecule has 0 aromatic carbocycles. The Bertz CT molecular complexity index is 162. The summed E-state index contributed by atoms with van der Waals surface area (Å²) >= 11 is 0. The summed E-state index contributed by atoms with van der Waals surface area (Å²) in [5, 5.41) is 3.26. The maximum Gasteiger partial charge on any atom is 0.0244 e. The zero-order valence-electron chi connectivity index (χ0n) is 8.22. The van der Waals surface area contributed by atoms with Crippen molar-refractivity contribution >= 4 is 10.8 Å². The molecule has 0 amide bonds. The second kappa shape index (κ2) is 7.50. The first kappa shape index (κ1) is 11.8. The third-order valence-electron chi connectivity index (χ3n) is 1.44. The zero-order valence-corrected chi connectivity index (χ0v) is 9.04. The van der Waals surface area contributed by atoms with Crippen LogP contribution < -0.4 is 5.32 Å². The van der Waals surface area contributed by atoms with E-state index in [1.807, 2.05) is 0 Å². The lowest BCUT2D eigenvalue weighted by atomic mass is 10.3. The molecule has 0 heterocycles. The molecule has 0 aliphatic heterocycles. The lowest BCUT2D eigenvalue weighted by molar-refractivity contribution is 0.677. The van der Waals surface area contributed by atoms with Crippen molar-refractivity contribution in [1.29, 1.82) is 0 Å². The van der Waals surface area contributed by atoms with Crippen molar-refractivity contribution in [2.75, 3.05) is 25.1 Å². The highest BCUT2D eigenvalue weighted by molar-refractivity contribution is 7.84. The molecule has 2 nitrogen and oxygen atoms in total. The molecule has 0 aliphatic rings.